The third-order valence-corrected chi connectivity index (χ3v) is 7.45. The van der Waals surface area contributed by atoms with Crippen LogP contribution >= 0.6 is 0 Å². The van der Waals surface area contributed by atoms with E-state index in [1.165, 1.54) is 7.11 Å². The first kappa shape index (κ1) is 29.8. The Bertz CT molecular complexity index is 1590. The summed E-state index contributed by atoms with van der Waals surface area (Å²) >= 11 is 0. The molecule has 216 valence electrons. The molecule has 7 nitrogen and oxygen atoms in total. The molecule has 2 aromatic carbocycles. The van der Waals surface area contributed by atoms with Crippen LogP contribution in [-0.2, 0) is 9.53 Å². The fraction of sp³-hybridized carbons (Fsp3) is 0.382. The maximum atomic E-state index is 13.8. The lowest BCUT2D eigenvalue weighted by atomic mass is 9.89. The molecule has 0 saturated heterocycles. The van der Waals surface area contributed by atoms with Crippen molar-refractivity contribution in [2.45, 2.75) is 53.4 Å². The zero-order valence-corrected chi connectivity index (χ0v) is 25.1. The summed E-state index contributed by atoms with van der Waals surface area (Å²) in [6.45, 7) is 10.3. The summed E-state index contributed by atoms with van der Waals surface area (Å²) in [5.41, 5.74) is 7.39. The van der Waals surface area contributed by atoms with Gasteiger partial charge < -0.3 is 19.4 Å². The average molecular weight is 556 g/mol. The summed E-state index contributed by atoms with van der Waals surface area (Å²) in [4.78, 5) is 31.7. The maximum Gasteiger partial charge on any atom is 0.305 e. The number of ether oxygens (including phenoxy) is 1. The lowest BCUT2D eigenvalue weighted by molar-refractivity contribution is -0.140. The van der Waals surface area contributed by atoms with Crippen LogP contribution in [0.15, 0.2) is 57.9 Å². The van der Waals surface area contributed by atoms with Gasteiger partial charge in [-0.2, -0.15) is 0 Å². The van der Waals surface area contributed by atoms with Crippen LogP contribution < -0.4 is 10.7 Å². The van der Waals surface area contributed by atoms with E-state index in [1.807, 2.05) is 44.3 Å². The normalized spacial score (nSPS) is 11.7. The highest BCUT2D eigenvalue weighted by Crippen LogP contribution is 2.43. The van der Waals surface area contributed by atoms with Crippen LogP contribution in [0.25, 0.3) is 33.4 Å². The highest BCUT2D eigenvalue weighted by atomic mass is 16.5. The van der Waals surface area contributed by atoms with Crippen molar-refractivity contribution in [1.29, 1.82) is 0 Å². The number of rotatable bonds is 11. The number of hydrogen-bond donors (Lipinski definition) is 1. The van der Waals surface area contributed by atoms with Gasteiger partial charge in [-0.25, -0.2) is 0 Å². The van der Waals surface area contributed by atoms with Gasteiger partial charge in [-0.15, -0.1) is 0 Å². The van der Waals surface area contributed by atoms with Crippen LogP contribution in [0.1, 0.15) is 61.0 Å². The van der Waals surface area contributed by atoms with Crippen LogP contribution in [0.3, 0.4) is 0 Å². The van der Waals surface area contributed by atoms with Crippen molar-refractivity contribution in [3.63, 3.8) is 0 Å². The number of aryl methyl sites for hydroxylation is 2. The van der Waals surface area contributed by atoms with Gasteiger partial charge in [-0.05, 0) is 75.4 Å². The molecule has 1 N–H and O–H groups in total. The number of anilines is 1. The number of nitrogens with zero attached hydrogens (tertiary/aromatic N) is 2. The Morgan fingerprint density at radius 2 is 1.76 bits per heavy atom. The van der Waals surface area contributed by atoms with Gasteiger partial charge in [0.05, 0.1) is 12.5 Å². The minimum absolute atomic E-state index is 0.0361. The lowest BCUT2D eigenvalue weighted by Crippen LogP contribution is -2.28. The van der Waals surface area contributed by atoms with E-state index in [0.29, 0.717) is 25.1 Å². The average Bonchev–Trinajstić information content (AvgIpc) is 2.96. The summed E-state index contributed by atoms with van der Waals surface area (Å²) in [5, 5.41) is 5.30. The first-order chi connectivity index (χ1) is 19.8. The van der Waals surface area contributed by atoms with E-state index in [-0.39, 0.29) is 11.9 Å². The molecule has 0 unspecified atom stereocenters. The number of hydrogen-bond acceptors (Lipinski definition) is 6. The number of benzene rings is 3. The molecule has 7 heteroatoms. The number of amides is 1. The van der Waals surface area contributed by atoms with Crippen LogP contribution in [0.2, 0.25) is 0 Å². The molecule has 1 aliphatic heterocycles. The van der Waals surface area contributed by atoms with Gasteiger partial charge >= 0.3 is 5.97 Å². The fourth-order valence-corrected chi connectivity index (χ4v) is 5.29. The van der Waals surface area contributed by atoms with Gasteiger partial charge in [0.2, 0.25) is 0 Å². The predicted octanol–water partition coefficient (Wildman–Crippen LogP) is 6.98. The quantitative estimate of drug-likeness (QED) is 0.123. The van der Waals surface area contributed by atoms with E-state index in [4.69, 9.17) is 9.15 Å². The number of fused-ring (bicyclic) bond motifs is 2. The van der Waals surface area contributed by atoms with E-state index in [2.05, 4.69) is 49.3 Å². The molecule has 1 amide bonds. The highest BCUT2D eigenvalue weighted by molar-refractivity contribution is 6.09. The van der Waals surface area contributed by atoms with Crippen LogP contribution in [-0.4, -0.2) is 50.6 Å². The summed E-state index contributed by atoms with van der Waals surface area (Å²) < 4.78 is 11.2. The van der Waals surface area contributed by atoms with Crippen LogP contribution in [0.4, 0.5) is 5.69 Å². The minimum Gasteiger partial charge on any atom is -0.469 e. The zero-order valence-electron chi connectivity index (χ0n) is 25.1. The van der Waals surface area contributed by atoms with Gasteiger partial charge in [0, 0.05) is 73.0 Å². The Morgan fingerprint density at radius 3 is 2.49 bits per heavy atom. The molecule has 1 aliphatic carbocycles. The van der Waals surface area contributed by atoms with E-state index in [9.17, 15) is 9.59 Å². The van der Waals surface area contributed by atoms with Crippen molar-refractivity contribution < 1.29 is 18.7 Å². The van der Waals surface area contributed by atoms with Gasteiger partial charge in [-0.1, -0.05) is 24.6 Å². The molecule has 0 atom stereocenters. The molecule has 0 bridgehead atoms. The standard InChI is InChI=1S/C34H41N3O4/c1-7-35-28-20-30-26(18-22(28)3)33(27-19-23(4)29(36-8-2)21-31(27)41-30)24-14-11-12-15-25(24)34(39)37(5)17-13-9-10-16-32(38)40-6/h11-12,14-15,18-21,35H,7-10,13,16-17H2,1-6H3/b36-29+. The number of carbonyl (C=O) groups excluding carboxylic acids is 2. The zero-order chi connectivity index (χ0) is 29.5. The monoisotopic (exact) mass is 555 g/mol. The molecule has 0 spiro atoms. The molecule has 41 heavy (non-hydrogen) atoms. The Morgan fingerprint density at radius 1 is 0.976 bits per heavy atom. The van der Waals surface area contributed by atoms with Gasteiger partial charge in [0.1, 0.15) is 11.3 Å². The molecule has 2 aliphatic rings. The molecule has 0 aromatic heterocycles. The smallest absolute Gasteiger partial charge is 0.305 e. The molecule has 0 radical (unpaired) electrons. The van der Waals surface area contributed by atoms with Crippen molar-refractivity contribution in [3.05, 3.63) is 70.6 Å². The van der Waals surface area contributed by atoms with Gasteiger partial charge in [-0.3, -0.25) is 14.6 Å². The fourth-order valence-electron chi connectivity index (χ4n) is 5.29. The lowest BCUT2D eigenvalue weighted by Gasteiger charge is -2.22. The van der Waals surface area contributed by atoms with Gasteiger partial charge in [0.15, 0.2) is 0 Å². The second kappa shape index (κ2) is 13.5. The largest absolute Gasteiger partial charge is 0.469 e. The van der Waals surface area contributed by atoms with E-state index < -0.39 is 0 Å². The Hall–Kier alpha value is -4.13. The molecule has 1 heterocycles. The predicted molar refractivity (Wildman–Crippen MR) is 165 cm³/mol. The number of esters is 1. The van der Waals surface area contributed by atoms with Crippen molar-refractivity contribution in [2.75, 3.05) is 39.1 Å². The first-order valence-electron chi connectivity index (χ1n) is 14.5. The van der Waals surface area contributed by atoms with E-state index in [1.54, 1.807) is 4.90 Å². The van der Waals surface area contributed by atoms with Crippen molar-refractivity contribution in [3.8, 4) is 22.5 Å². The minimum atomic E-state index is -0.198. The summed E-state index contributed by atoms with van der Waals surface area (Å²) in [5.74, 6) is 0.500. The topological polar surface area (TPSA) is 84.1 Å². The molecular weight excluding hydrogens is 514 g/mol. The highest BCUT2D eigenvalue weighted by Gasteiger charge is 2.24. The molecule has 0 saturated carbocycles. The van der Waals surface area contributed by atoms with E-state index in [0.717, 1.165) is 81.4 Å². The van der Waals surface area contributed by atoms with Gasteiger partial charge in [0.25, 0.3) is 5.91 Å². The van der Waals surface area contributed by atoms with Crippen molar-refractivity contribution >= 4 is 28.5 Å². The SMILES string of the molecule is CC/N=c1\cc2oc3cc(NCC)c(C)cc3c(-c3ccccc3C(=O)N(C)CCCCCC(=O)OC)c-2cc1C. The maximum absolute atomic E-state index is 13.8. The van der Waals surface area contributed by atoms with Crippen LogP contribution in [0, 0.1) is 13.8 Å². The first-order valence-corrected chi connectivity index (χ1v) is 14.5. The molecule has 2 aromatic rings. The van der Waals surface area contributed by atoms with Crippen LogP contribution in [0.5, 0.6) is 0 Å². The Labute approximate surface area is 242 Å². The third-order valence-electron chi connectivity index (χ3n) is 7.45. The summed E-state index contributed by atoms with van der Waals surface area (Å²) in [7, 11) is 3.24. The molecular formula is C34H41N3O4. The Balaban J connectivity index is 1.82. The van der Waals surface area contributed by atoms with E-state index >= 15 is 0 Å². The second-order valence-corrected chi connectivity index (χ2v) is 10.4. The summed E-state index contributed by atoms with van der Waals surface area (Å²) in [6.07, 6.45) is 2.81. The molecule has 0 fully saturated rings. The number of nitrogens with one attached hydrogen (secondary N) is 1. The Kier molecular flexibility index (Phi) is 9.82. The summed E-state index contributed by atoms with van der Waals surface area (Å²) in [6, 6.07) is 16.2. The number of methoxy groups -OCH3 is 1. The number of carbonyl (C=O) groups is 2. The van der Waals surface area contributed by atoms with Crippen molar-refractivity contribution in [1.82, 2.24) is 4.90 Å². The second-order valence-electron chi connectivity index (χ2n) is 10.4. The number of unbranched alkanes of at least 4 members (excludes halogenated alkanes) is 2. The molecule has 4 rings (SSSR count). The van der Waals surface area contributed by atoms with Crippen molar-refractivity contribution in [2.24, 2.45) is 4.99 Å². The third kappa shape index (κ3) is 6.62.